The van der Waals surface area contributed by atoms with Crippen LogP contribution in [0.5, 0.6) is 0 Å². The fourth-order valence-corrected chi connectivity index (χ4v) is 1.14. The summed E-state index contributed by atoms with van der Waals surface area (Å²) in [5.74, 6) is 0. The van der Waals surface area contributed by atoms with Crippen molar-refractivity contribution in [3.63, 3.8) is 0 Å². The van der Waals surface area contributed by atoms with Gasteiger partial charge in [0.05, 0.1) is 0 Å². The maximum atomic E-state index is 5.67. The molecule has 11 heavy (non-hydrogen) atoms. The van der Waals surface area contributed by atoms with Gasteiger partial charge in [-0.2, -0.15) is 0 Å². The molecule has 0 fully saturated rings. The Kier molecular flexibility index (Phi) is 3.18. The first-order chi connectivity index (χ1) is 5.22. The van der Waals surface area contributed by atoms with Crippen molar-refractivity contribution in [3.05, 3.63) is 35.9 Å². The van der Waals surface area contributed by atoms with Gasteiger partial charge in [0.1, 0.15) is 6.04 Å². The molecule has 1 aromatic carbocycles. The Hall–Kier alpha value is -0.240. The zero-order valence-electron chi connectivity index (χ0n) is 6.00. The molecule has 0 saturated heterocycles. The zero-order valence-corrected chi connectivity index (χ0v) is 7.52. The Morgan fingerprint density at radius 3 is 2.09 bits per heavy atom. The predicted octanol–water partition coefficient (Wildman–Crippen LogP) is 1.77. The minimum Gasteiger partial charge on any atom is -0.349 e. The summed E-state index contributed by atoms with van der Waals surface area (Å²) in [6, 6.07) is 9.74. The summed E-state index contributed by atoms with van der Waals surface area (Å²) < 4.78 is 0. The van der Waals surface area contributed by atoms with Crippen molar-refractivity contribution >= 4 is 23.2 Å². The molecule has 0 aromatic heterocycles. The summed E-state index contributed by atoms with van der Waals surface area (Å²) >= 11 is 11.3. The van der Waals surface area contributed by atoms with Crippen LogP contribution < -0.4 is 5.73 Å². The van der Waals surface area contributed by atoms with E-state index in [0.29, 0.717) is 0 Å². The highest BCUT2D eigenvalue weighted by Crippen LogP contribution is 2.18. The Balaban J connectivity index is 2.77. The van der Waals surface area contributed by atoms with Gasteiger partial charge in [-0.05, 0) is 0 Å². The summed E-state index contributed by atoms with van der Waals surface area (Å²) in [5, 5.41) is 0. The monoisotopic (exact) mass is 190 g/mol. The quantitative estimate of drug-likeness (QED) is 0.690. The number of quaternary nitrogens is 1. The van der Waals surface area contributed by atoms with Gasteiger partial charge < -0.3 is 5.73 Å². The fourth-order valence-electron chi connectivity index (χ4n) is 0.846. The van der Waals surface area contributed by atoms with Crippen LogP contribution in [-0.2, 0) is 0 Å². The predicted molar refractivity (Wildman–Crippen MR) is 47.6 cm³/mol. The van der Waals surface area contributed by atoms with Gasteiger partial charge in [0.15, 0.2) is 4.84 Å². The largest absolute Gasteiger partial charge is 0.349 e. The molecule has 0 amide bonds. The molecule has 0 radical (unpaired) electrons. The first-order valence-electron chi connectivity index (χ1n) is 3.38. The van der Waals surface area contributed by atoms with Crippen LogP contribution in [0.25, 0.3) is 0 Å². The molecule has 1 rings (SSSR count). The van der Waals surface area contributed by atoms with Gasteiger partial charge >= 0.3 is 0 Å². The van der Waals surface area contributed by atoms with E-state index in [1.165, 1.54) is 0 Å². The third-order valence-corrected chi connectivity index (χ3v) is 2.14. The number of rotatable bonds is 2. The van der Waals surface area contributed by atoms with Crippen molar-refractivity contribution < 1.29 is 5.73 Å². The molecular formula is C8H10Cl2N+. The average Bonchev–Trinajstić information content (AvgIpc) is 2.05. The van der Waals surface area contributed by atoms with Crippen molar-refractivity contribution in [2.75, 3.05) is 0 Å². The van der Waals surface area contributed by atoms with Crippen molar-refractivity contribution in [3.8, 4) is 0 Å². The van der Waals surface area contributed by atoms with Gasteiger partial charge in [0, 0.05) is 5.56 Å². The second-order valence-corrected chi connectivity index (χ2v) is 3.52. The average molecular weight is 191 g/mol. The third-order valence-electron chi connectivity index (χ3n) is 1.53. The van der Waals surface area contributed by atoms with Crippen LogP contribution >= 0.6 is 23.2 Å². The lowest BCUT2D eigenvalue weighted by Crippen LogP contribution is -2.56. The molecule has 0 aliphatic rings. The lowest BCUT2D eigenvalue weighted by molar-refractivity contribution is -0.422. The van der Waals surface area contributed by atoms with E-state index in [9.17, 15) is 0 Å². The Morgan fingerprint density at radius 1 is 1.09 bits per heavy atom. The van der Waals surface area contributed by atoms with Gasteiger partial charge in [-0.1, -0.05) is 53.5 Å². The van der Waals surface area contributed by atoms with Crippen molar-refractivity contribution in [2.45, 2.75) is 10.9 Å². The number of hydrogen-bond donors (Lipinski definition) is 1. The Bertz CT molecular complexity index is 211. The fraction of sp³-hybridized carbons (Fsp3) is 0.250. The van der Waals surface area contributed by atoms with Gasteiger partial charge in [-0.3, -0.25) is 0 Å². The summed E-state index contributed by atoms with van der Waals surface area (Å²) in [5.41, 5.74) is 4.92. The number of halogens is 2. The lowest BCUT2D eigenvalue weighted by atomic mass is 10.1. The topological polar surface area (TPSA) is 27.6 Å². The minimum absolute atomic E-state index is 0.0421. The van der Waals surface area contributed by atoms with Crippen molar-refractivity contribution in [1.29, 1.82) is 0 Å². The van der Waals surface area contributed by atoms with Crippen LogP contribution in [0.15, 0.2) is 30.3 Å². The van der Waals surface area contributed by atoms with E-state index in [-0.39, 0.29) is 6.04 Å². The maximum absolute atomic E-state index is 5.67. The molecule has 1 aromatic rings. The van der Waals surface area contributed by atoms with Crippen molar-refractivity contribution in [1.82, 2.24) is 0 Å². The van der Waals surface area contributed by atoms with E-state index in [0.717, 1.165) is 5.56 Å². The Labute approximate surface area is 76.1 Å². The van der Waals surface area contributed by atoms with Crippen LogP contribution in [-0.4, -0.2) is 4.84 Å². The van der Waals surface area contributed by atoms with Crippen molar-refractivity contribution in [2.24, 2.45) is 0 Å². The van der Waals surface area contributed by atoms with E-state index < -0.39 is 4.84 Å². The Morgan fingerprint density at radius 2 is 1.64 bits per heavy atom. The van der Waals surface area contributed by atoms with Crippen LogP contribution in [0, 0.1) is 0 Å². The molecule has 0 bridgehead atoms. The van der Waals surface area contributed by atoms with E-state index in [1.54, 1.807) is 0 Å². The number of alkyl halides is 2. The molecule has 0 heterocycles. The van der Waals surface area contributed by atoms with Gasteiger partial charge in [0.2, 0.25) is 0 Å². The summed E-state index contributed by atoms with van der Waals surface area (Å²) in [4.78, 5) is -0.433. The highest BCUT2D eigenvalue weighted by molar-refractivity contribution is 6.44. The lowest BCUT2D eigenvalue weighted by Gasteiger charge is -2.07. The maximum Gasteiger partial charge on any atom is 0.163 e. The smallest absolute Gasteiger partial charge is 0.163 e. The molecule has 60 valence electrons. The van der Waals surface area contributed by atoms with E-state index >= 15 is 0 Å². The van der Waals surface area contributed by atoms with Gasteiger partial charge in [-0.15, -0.1) is 0 Å². The summed E-state index contributed by atoms with van der Waals surface area (Å²) in [7, 11) is 0. The highest BCUT2D eigenvalue weighted by atomic mass is 35.5. The van der Waals surface area contributed by atoms with Crippen LogP contribution in [0.1, 0.15) is 11.6 Å². The molecule has 3 heteroatoms. The first kappa shape index (κ1) is 8.85. The third kappa shape index (κ3) is 2.37. The molecule has 3 N–H and O–H groups in total. The normalized spacial score (nSPS) is 13.5. The molecule has 0 aliphatic heterocycles. The van der Waals surface area contributed by atoms with Crippen LogP contribution in [0.3, 0.4) is 0 Å². The van der Waals surface area contributed by atoms with E-state index in [1.807, 2.05) is 30.3 Å². The molecule has 0 aliphatic carbocycles. The van der Waals surface area contributed by atoms with Gasteiger partial charge in [-0.25, -0.2) is 0 Å². The SMILES string of the molecule is [NH3+][C@@H](c1ccccc1)C(Cl)Cl. The highest BCUT2D eigenvalue weighted by Gasteiger charge is 2.16. The minimum atomic E-state index is -0.433. The number of hydrogen-bond acceptors (Lipinski definition) is 0. The molecule has 1 nitrogen and oxygen atoms in total. The second kappa shape index (κ2) is 3.96. The second-order valence-electron chi connectivity index (χ2n) is 2.35. The van der Waals surface area contributed by atoms with Crippen LogP contribution in [0.2, 0.25) is 0 Å². The van der Waals surface area contributed by atoms with E-state index in [4.69, 9.17) is 23.2 Å². The first-order valence-corrected chi connectivity index (χ1v) is 4.25. The summed E-state index contributed by atoms with van der Waals surface area (Å²) in [6.07, 6.45) is 0. The number of benzene rings is 1. The zero-order chi connectivity index (χ0) is 8.27. The molecule has 0 spiro atoms. The standard InChI is InChI=1S/C8H9Cl2N/c9-8(10)7(11)6-4-2-1-3-5-6/h1-5,7-8H,11H2/p+1/t7-/m0/s1. The molecule has 0 saturated carbocycles. The van der Waals surface area contributed by atoms with Gasteiger partial charge in [0.25, 0.3) is 0 Å². The van der Waals surface area contributed by atoms with E-state index in [2.05, 4.69) is 5.73 Å². The molecule has 0 unspecified atom stereocenters. The summed E-state index contributed by atoms with van der Waals surface area (Å²) in [6.45, 7) is 0. The molecular weight excluding hydrogens is 181 g/mol. The molecule has 1 atom stereocenters. The van der Waals surface area contributed by atoms with Crippen LogP contribution in [0.4, 0.5) is 0 Å².